The number of ketones is 1. The highest BCUT2D eigenvalue weighted by Crippen LogP contribution is 2.31. The van der Waals surface area contributed by atoms with Crippen LogP contribution in [0.5, 0.6) is 5.75 Å². The highest BCUT2D eigenvalue weighted by molar-refractivity contribution is 6.42. The zero-order valence-electron chi connectivity index (χ0n) is 10.6. The molecule has 0 atom stereocenters. The minimum Gasteiger partial charge on any atom is -0.493 e. The van der Waals surface area contributed by atoms with E-state index in [1.165, 1.54) is 6.07 Å². The quantitative estimate of drug-likeness (QED) is 0.457. The molecule has 0 aliphatic heterocycles. The van der Waals surface area contributed by atoms with Gasteiger partial charge in [0.2, 0.25) is 0 Å². The minimum atomic E-state index is -0.888. The third-order valence-corrected chi connectivity index (χ3v) is 3.05. The summed E-state index contributed by atoms with van der Waals surface area (Å²) in [6.45, 7) is 2.36. The van der Waals surface area contributed by atoms with E-state index in [0.29, 0.717) is 23.3 Å². The number of esters is 1. The standard InChI is InChI=1S/C14H15ClO4/c1-2-18-14(17)13(16)11-7-10(15)5-6-12(11)19-8-9-3-4-9/h5-7,9H,2-4,8H2,1H3. The molecule has 0 unspecified atom stereocenters. The third-order valence-electron chi connectivity index (χ3n) is 2.82. The molecule has 1 aromatic rings. The van der Waals surface area contributed by atoms with Gasteiger partial charge in [0.15, 0.2) is 0 Å². The molecule has 5 heteroatoms. The van der Waals surface area contributed by atoms with Crippen molar-refractivity contribution in [1.82, 2.24) is 0 Å². The number of rotatable bonds is 6. The minimum absolute atomic E-state index is 0.156. The largest absolute Gasteiger partial charge is 0.493 e. The van der Waals surface area contributed by atoms with Crippen LogP contribution in [-0.2, 0) is 9.53 Å². The first-order valence-electron chi connectivity index (χ1n) is 6.25. The summed E-state index contributed by atoms with van der Waals surface area (Å²) >= 11 is 5.86. The fourth-order valence-corrected chi connectivity index (χ4v) is 1.78. The van der Waals surface area contributed by atoms with Gasteiger partial charge in [-0.3, -0.25) is 4.79 Å². The predicted molar refractivity (Wildman–Crippen MR) is 70.6 cm³/mol. The third kappa shape index (κ3) is 3.70. The van der Waals surface area contributed by atoms with Crippen LogP contribution < -0.4 is 4.74 Å². The van der Waals surface area contributed by atoms with Crippen molar-refractivity contribution >= 4 is 23.4 Å². The molecule has 0 N–H and O–H groups in total. The van der Waals surface area contributed by atoms with Crippen LogP contribution in [0.15, 0.2) is 18.2 Å². The molecule has 0 aromatic heterocycles. The Balaban J connectivity index is 2.17. The van der Waals surface area contributed by atoms with Gasteiger partial charge >= 0.3 is 5.97 Å². The fraction of sp³-hybridized carbons (Fsp3) is 0.429. The number of ether oxygens (including phenoxy) is 2. The van der Waals surface area contributed by atoms with E-state index in [2.05, 4.69) is 0 Å². The van der Waals surface area contributed by atoms with Gasteiger partial charge < -0.3 is 9.47 Å². The van der Waals surface area contributed by atoms with Gasteiger partial charge in [0.25, 0.3) is 5.78 Å². The van der Waals surface area contributed by atoms with Crippen LogP contribution in [0.3, 0.4) is 0 Å². The van der Waals surface area contributed by atoms with Gasteiger partial charge in [0, 0.05) is 5.02 Å². The van der Waals surface area contributed by atoms with E-state index < -0.39 is 11.8 Å². The van der Waals surface area contributed by atoms with E-state index >= 15 is 0 Å². The second-order valence-corrected chi connectivity index (χ2v) is 4.88. The van der Waals surface area contributed by atoms with Crippen LogP contribution in [0.25, 0.3) is 0 Å². The van der Waals surface area contributed by atoms with Gasteiger partial charge in [-0.05, 0) is 43.9 Å². The number of halogens is 1. The molecule has 4 nitrogen and oxygen atoms in total. The predicted octanol–water partition coefficient (Wildman–Crippen LogP) is 2.87. The Kier molecular flexibility index (Phi) is 4.43. The Labute approximate surface area is 116 Å². The molecule has 0 radical (unpaired) electrons. The van der Waals surface area contributed by atoms with Crippen LogP contribution in [0, 0.1) is 5.92 Å². The lowest BCUT2D eigenvalue weighted by atomic mass is 10.1. The lowest BCUT2D eigenvalue weighted by Gasteiger charge is -2.10. The van der Waals surface area contributed by atoms with E-state index in [0.717, 1.165) is 12.8 Å². The topological polar surface area (TPSA) is 52.6 Å². The monoisotopic (exact) mass is 282 g/mol. The van der Waals surface area contributed by atoms with E-state index in [-0.39, 0.29) is 12.2 Å². The van der Waals surface area contributed by atoms with Crippen LogP contribution in [-0.4, -0.2) is 25.0 Å². The zero-order valence-corrected chi connectivity index (χ0v) is 11.4. The highest BCUT2D eigenvalue weighted by Gasteiger charge is 2.25. The molecule has 1 fully saturated rings. The molecule has 0 spiro atoms. The molecule has 0 bridgehead atoms. The number of hydrogen-bond donors (Lipinski definition) is 0. The van der Waals surface area contributed by atoms with Crippen molar-refractivity contribution in [2.45, 2.75) is 19.8 Å². The lowest BCUT2D eigenvalue weighted by Crippen LogP contribution is -2.18. The summed E-state index contributed by atoms with van der Waals surface area (Å²) in [4.78, 5) is 23.4. The average molecular weight is 283 g/mol. The second kappa shape index (κ2) is 6.06. The number of hydrogen-bond acceptors (Lipinski definition) is 4. The highest BCUT2D eigenvalue weighted by atomic mass is 35.5. The molecule has 19 heavy (non-hydrogen) atoms. The van der Waals surface area contributed by atoms with E-state index in [9.17, 15) is 9.59 Å². The summed E-state index contributed by atoms with van der Waals surface area (Å²) in [5, 5.41) is 0.381. The maximum Gasteiger partial charge on any atom is 0.379 e. The smallest absolute Gasteiger partial charge is 0.379 e. The summed E-state index contributed by atoms with van der Waals surface area (Å²) in [5.74, 6) is -0.674. The normalized spacial score (nSPS) is 14.0. The summed E-state index contributed by atoms with van der Waals surface area (Å²) < 4.78 is 10.3. The summed E-state index contributed by atoms with van der Waals surface area (Å²) in [7, 11) is 0. The SMILES string of the molecule is CCOC(=O)C(=O)c1cc(Cl)ccc1OCC1CC1. The second-order valence-electron chi connectivity index (χ2n) is 4.44. The average Bonchev–Trinajstić information content (AvgIpc) is 3.20. The first-order valence-corrected chi connectivity index (χ1v) is 6.63. The summed E-state index contributed by atoms with van der Waals surface area (Å²) in [6.07, 6.45) is 2.30. The molecule has 0 heterocycles. The van der Waals surface area contributed by atoms with Gasteiger partial charge in [0.1, 0.15) is 5.75 Å². The molecule has 1 aliphatic carbocycles. The van der Waals surface area contributed by atoms with Gasteiger partial charge in [-0.25, -0.2) is 4.79 Å². The molecular weight excluding hydrogens is 268 g/mol. The maximum atomic E-state index is 12.0. The van der Waals surface area contributed by atoms with E-state index in [1.54, 1.807) is 19.1 Å². The number of carbonyl (C=O) groups is 2. The zero-order chi connectivity index (χ0) is 13.8. The molecule has 2 rings (SSSR count). The van der Waals surface area contributed by atoms with Crippen molar-refractivity contribution in [2.24, 2.45) is 5.92 Å². The van der Waals surface area contributed by atoms with Gasteiger partial charge in [0.05, 0.1) is 18.8 Å². The van der Waals surface area contributed by atoms with Gasteiger partial charge in [-0.1, -0.05) is 11.6 Å². The van der Waals surface area contributed by atoms with Crippen molar-refractivity contribution in [3.8, 4) is 5.75 Å². The summed E-state index contributed by atoms with van der Waals surface area (Å²) in [6, 6.07) is 4.67. The Morgan fingerprint density at radius 1 is 1.37 bits per heavy atom. The van der Waals surface area contributed by atoms with Crippen molar-refractivity contribution < 1.29 is 19.1 Å². The van der Waals surface area contributed by atoms with Crippen molar-refractivity contribution in [2.75, 3.05) is 13.2 Å². The van der Waals surface area contributed by atoms with Crippen LogP contribution in [0.4, 0.5) is 0 Å². The van der Waals surface area contributed by atoms with Crippen LogP contribution >= 0.6 is 11.6 Å². The number of benzene rings is 1. The molecule has 102 valence electrons. The lowest BCUT2D eigenvalue weighted by molar-refractivity contribution is -0.137. The molecular formula is C14H15ClO4. The molecule has 0 amide bonds. The van der Waals surface area contributed by atoms with Crippen LogP contribution in [0.2, 0.25) is 5.02 Å². The van der Waals surface area contributed by atoms with Crippen molar-refractivity contribution in [3.63, 3.8) is 0 Å². The first-order chi connectivity index (χ1) is 9.11. The number of carbonyl (C=O) groups excluding carboxylic acids is 2. The van der Waals surface area contributed by atoms with Crippen molar-refractivity contribution in [1.29, 1.82) is 0 Å². The van der Waals surface area contributed by atoms with Gasteiger partial charge in [-0.15, -0.1) is 0 Å². The van der Waals surface area contributed by atoms with Crippen LogP contribution in [0.1, 0.15) is 30.1 Å². The van der Waals surface area contributed by atoms with Gasteiger partial charge in [-0.2, -0.15) is 0 Å². The number of Topliss-reactive ketones (excluding diaryl/α,β-unsaturated/α-hetero) is 1. The summed E-state index contributed by atoms with van der Waals surface area (Å²) in [5.41, 5.74) is 0.159. The molecule has 1 aromatic carbocycles. The Bertz CT molecular complexity index is 494. The molecule has 0 saturated heterocycles. The molecule has 1 saturated carbocycles. The Hall–Kier alpha value is -1.55. The van der Waals surface area contributed by atoms with E-state index in [4.69, 9.17) is 21.1 Å². The Morgan fingerprint density at radius 2 is 2.11 bits per heavy atom. The van der Waals surface area contributed by atoms with Crippen molar-refractivity contribution in [3.05, 3.63) is 28.8 Å². The van der Waals surface area contributed by atoms with E-state index in [1.807, 2.05) is 0 Å². The fourth-order valence-electron chi connectivity index (χ4n) is 1.60. The Morgan fingerprint density at radius 3 is 2.74 bits per heavy atom. The first kappa shape index (κ1) is 13.9. The molecule has 1 aliphatic rings. The maximum absolute atomic E-state index is 12.0.